The Morgan fingerprint density at radius 3 is 2.89 bits per heavy atom. The van der Waals surface area contributed by atoms with E-state index in [0.29, 0.717) is 12.0 Å². The Bertz CT molecular complexity index is 436. The third kappa shape index (κ3) is 1.87. The Hall–Kier alpha value is -0.570. The SMILES string of the molecule is CC1OCCC12CCNCC2c1ccccc1Cl. The van der Waals surface area contributed by atoms with E-state index in [4.69, 9.17) is 16.3 Å². The zero-order chi connectivity index (χ0) is 12.6. The Morgan fingerprint density at radius 1 is 1.33 bits per heavy atom. The van der Waals surface area contributed by atoms with Crippen LogP contribution < -0.4 is 5.32 Å². The smallest absolute Gasteiger partial charge is 0.0610 e. The Labute approximate surface area is 114 Å². The van der Waals surface area contributed by atoms with Crippen LogP contribution in [0, 0.1) is 5.41 Å². The molecule has 3 rings (SSSR count). The number of nitrogens with one attached hydrogen (secondary N) is 1. The van der Waals surface area contributed by atoms with Crippen molar-refractivity contribution < 1.29 is 4.74 Å². The van der Waals surface area contributed by atoms with Crippen LogP contribution in [0.2, 0.25) is 5.02 Å². The zero-order valence-corrected chi connectivity index (χ0v) is 11.5. The minimum absolute atomic E-state index is 0.274. The van der Waals surface area contributed by atoms with Crippen LogP contribution in [0.25, 0.3) is 0 Å². The molecule has 1 spiro atoms. The third-order valence-corrected chi connectivity index (χ3v) is 5.18. The van der Waals surface area contributed by atoms with Crippen LogP contribution in [0.1, 0.15) is 31.2 Å². The molecule has 0 aromatic heterocycles. The van der Waals surface area contributed by atoms with E-state index in [0.717, 1.165) is 31.1 Å². The standard InChI is InChI=1S/C15H20ClNO/c1-11-15(7-9-18-11)6-8-17-10-13(15)12-4-2-3-5-14(12)16/h2-5,11,13,17H,6-10H2,1H3. The predicted molar refractivity (Wildman–Crippen MR) is 74.1 cm³/mol. The lowest BCUT2D eigenvalue weighted by molar-refractivity contribution is 0.0326. The summed E-state index contributed by atoms with van der Waals surface area (Å²) in [4.78, 5) is 0. The summed E-state index contributed by atoms with van der Waals surface area (Å²) in [5.41, 5.74) is 1.56. The summed E-state index contributed by atoms with van der Waals surface area (Å²) in [7, 11) is 0. The number of rotatable bonds is 1. The van der Waals surface area contributed by atoms with Gasteiger partial charge in [0, 0.05) is 29.5 Å². The maximum atomic E-state index is 6.40. The molecule has 0 amide bonds. The monoisotopic (exact) mass is 265 g/mol. The Kier molecular flexibility index (Phi) is 3.35. The van der Waals surface area contributed by atoms with Crippen LogP contribution in [-0.4, -0.2) is 25.8 Å². The lowest BCUT2D eigenvalue weighted by Gasteiger charge is -2.44. The predicted octanol–water partition coefficient (Wildman–Crippen LogP) is 3.21. The first kappa shape index (κ1) is 12.5. The minimum Gasteiger partial charge on any atom is -0.378 e. The highest BCUT2D eigenvalue weighted by Crippen LogP contribution is 2.51. The van der Waals surface area contributed by atoms with Crippen molar-refractivity contribution in [3.05, 3.63) is 34.9 Å². The van der Waals surface area contributed by atoms with E-state index in [1.165, 1.54) is 12.0 Å². The second-order valence-corrected chi connectivity index (χ2v) is 5.93. The summed E-state index contributed by atoms with van der Waals surface area (Å²) >= 11 is 6.40. The van der Waals surface area contributed by atoms with Gasteiger partial charge in [-0.2, -0.15) is 0 Å². The molecule has 0 aliphatic carbocycles. The number of ether oxygens (including phenoxy) is 1. The molecule has 98 valence electrons. The van der Waals surface area contributed by atoms with Crippen molar-refractivity contribution in [2.45, 2.75) is 31.8 Å². The van der Waals surface area contributed by atoms with Crippen LogP contribution in [0.3, 0.4) is 0 Å². The van der Waals surface area contributed by atoms with Gasteiger partial charge in [0.1, 0.15) is 0 Å². The van der Waals surface area contributed by atoms with E-state index >= 15 is 0 Å². The number of hydrogen-bond acceptors (Lipinski definition) is 2. The highest BCUT2D eigenvalue weighted by atomic mass is 35.5. The minimum atomic E-state index is 0.274. The molecule has 0 saturated carbocycles. The Balaban J connectivity index is 2.00. The van der Waals surface area contributed by atoms with Crippen molar-refractivity contribution in [2.24, 2.45) is 5.41 Å². The molecule has 2 aliphatic heterocycles. The van der Waals surface area contributed by atoms with E-state index in [2.05, 4.69) is 24.4 Å². The number of halogens is 1. The quantitative estimate of drug-likeness (QED) is 0.842. The van der Waals surface area contributed by atoms with Gasteiger partial charge in [-0.15, -0.1) is 0 Å². The molecule has 2 nitrogen and oxygen atoms in total. The van der Waals surface area contributed by atoms with E-state index in [1.54, 1.807) is 0 Å². The molecule has 18 heavy (non-hydrogen) atoms. The molecule has 0 bridgehead atoms. The highest BCUT2D eigenvalue weighted by Gasteiger charge is 2.49. The average molecular weight is 266 g/mol. The van der Waals surface area contributed by atoms with Gasteiger partial charge >= 0.3 is 0 Å². The van der Waals surface area contributed by atoms with Gasteiger partial charge in [-0.05, 0) is 37.9 Å². The Morgan fingerprint density at radius 2 is 2.17 bits per heavy atom. The van der Waals surface area contributed by atoms with E-state index in [9.17, 15) is 0 Å². The van der Waals surface area contributed by atoms with Gasteiger partial charge in [-0.3, -0.25) is 0 Å². The first-order chi connectivity index (χ1) is 8.74. The topological polar surface area (TPSA) is 21.3 Å². The molecule has 0 radical (unpaired) electrons. The zero-order valence-electron chi connectivity index (χ0n) is 10.8. The van der Waals surface area contributed by atoms with Crippen molar-refractivity contribution in [3.63, 3.8) is 0 Å². The number of piperidine rings is 1. The molecule has 2 fully saturated rings. The van der Waals surface area contributed by atoms with Crippen LogP contribution in [-0.2, 0) is 4.74 Å². The van der Waals surface area contributed by atoms with E-state index in [-0.39, 0.29) is 5.41 Å². The summed E-state index contributed by atoms with van der Waals surface area (Å²) in [6.07, 6.45) is 2.68. The summed E-state index contributed by atoms with van der Waals surface area (Å²) in [5.74, 6) is 0.470. The fourth-order valence-corrected chi connectivity index (χ4v) is 3.97. The number of benzene rings is 1. The van der Waals surface area contributed by atoms with Crippen LogP contribution in [0.15, 0.2) is 24.3 Å². The van der Waals surface area contributed by atoms with E-state index in [1.807, 2.05) is 12.1 Å². The first-order valence-electron chi connectivity index (χ1n) is 6.81. The summed E-state index contributed by atoms with van der Waals surface area (Å²) in [6, 6.07) is 8.26. The lowest BCUT2D eigenvalue weighted by atomic mass is 9.64. The van der Waals surface area contributed by atoms with Crippen molar-refractivity contribution in [2.75, 3.05) is 19.7 Å². The van der Waals surface area contributed by atoms with Crippen molar-refractivity contribution in [1.82, 2.24) is 5.32 Å². The summed E-state index contributed by atoms with van der Waals surface area (Å²) in [5, 5.41) is 4.41. The second-order valence-electron chi connectivity index (χ2n) is 5.52. The third-order valence-electron chi connectivity index (χ3n) is 4.84. The van der Waals surface area contributed by atoms with Gasteiger partial charge in [0.2, 0.25) is 0 Å². The maximum absolute atomic E-state index is 6.40. The van der Waals surface area contributed by atoms with E-state index < -0.39 is 0 Å². The number of hydrogen-bond donors (Lipinski definition) is 1. The van der Waals surface area contributed by atoms with Gasteiger partial charge in [0.15, 0.2) is 0 Å². The van der Waals surface area contributed by atoms with Crippen LogP contribution >= 0.6 is 11.6 Å². The molecule has 2 saturated heterocycles. The maximum Gasteiger partial charge on any atom is 0.0610 e. The molecular formula is C15H20ClNO. The van der Waals surface area contributed by atoms with Gasteiger partial charge in [0.25, 0.3) is 0 Å². The molecule has 3 atom stereocenters. The highest BCUT2D eigenvalue weighted by molar-refractivity contribution is 6.31. The van der Waals surface area contributed by atoms with Crippen molar-refractivity contribution in [3.8, 4) is 0 Å². The van der Waals surface area contributed by atoms with Crippen molar-refractivity contribution in [1.29, 1.82) is 0 Å². The average Bonchev–Trinajstić information content (AvgIpc) is 2.73. The van der Waals surface area contributed by atoms with Gasteiger partial charge in [0.05, 0.1) is 6.10 Å². The molecule has 1 N–H and O–H groups in total. The molecule has 3 heteroatoms. The molecule has 1 aromatic rings. The fourth-order valence-electron chi connectivity index (χ4n) is 3.70. The van der Waals surface area contributed by atoms with Crippen LogP contribution in [0.4, 0.5) is 0 Å². The normalized spacial score (nSPS) is 36.1. The molecule has 3 unspecified atom stereocenters. The van der Waals surface area contributed by atoms with Gasteiger partial charge in [-0.25, -0.2) is 0 Å². The molecule has 2 heterocycles. The van der Waals surface area contributed by atoms with Crippen LogP contribution in [0.5, 0.6) is 0 Å². The molecule has 1 aromatic carbocycles. The second kappa shape index (κ2) is 4.84. The van der Waals surface area contributed by atoms with Gasteiger partial charge < -0.3 is 10.1 Å². The lowest BCUT2D eigenvalue weighted by Crippen LogP contribution is -2.47. The summed E-state index contributed by atoms with van der Waals surface area (Å²) in [6.45, 7) is 5.22. The molecule has 2 aliphatic rings. The fraction of sp³-hybridized carbons (Fsp3) is 0.600. The van der Waals surface area contributed by atoms with Crippen molar-refractivity contribution >= 4 is 11.6 Å². The van der Waals surface area contributed by atoms with Gasteiger partial charge in [-0.1, -0.05) is 29.8 Å². The molecular weight excluding hydrogens is 246 g/mol. The first-order valence-corrected chi connectivity index (χ1v) is 7.18. The summed E-state index contributed by atoms with van der Waals surface area (Å²) < 4.78 is 5.87. The largest absolute Gasteiger partial charge is 0.378 e.